The molecule has 0 saturated heterocycles. The minimum Gasteiger partial charge on any atom is -0.272 e. The van der Waals surface area contributed by atoms with Crippen LogP contribution in [0.4, 0.5) is 0 Å². The Morgan fingerprint density at radius 2 is 1.86 bits per heavy atom. The van der Waals surface area contributed by atoms with Crippen LogP contribution in [-0.2, 0) is 14.8 Å². The third kappa shape index (κ3) is 5.15. The summed E-state index contributed by atoms with van der Waals surface area (Å²) in [6, 6.07) is 16.0. The number of hydrogen-bond donors (Lipinski definition) is 1. The number of carbonyl (C=O) groups is 1. The lowest BCUT2D eigenvalue weighted by Gasteiger charge is -2.16. The zero-order valence-electron chi connectivity index (χ0n) is 16.1. The largest absolute Gasteiger partial charge is 0.272 e. The van der Waals surface area contributed by atoms with Gasteiger partial charge in [0.2, 0.25) is 10.0 Å². The highest BCUT2D eigenvalue weighted by molar-refractivity contribution is 7.89. The number of nitrogens with one attached hydrogen (secondary N) is 1. The molecule has 0 bridgehead atoms. The number of likely N-dealkylation sites (N-methyl/N-ethyl adjacent to an activating group) is 1. The fourth-order valence-corrected chi connectivity index (χ4v) is 3.64. The Morgan fingerprint density at radius 3 is 2.55 bits per heavy atom. The number of hydrogen-bond acceptors (Lipinski definition) is 5. The molecule has 2 aromatic carbocycles. The molecule has 3 aromatic rings. The molecule has 0 aliphatic heterocycles. The molecule has 1 heterocycles. The lowest BCUT2D eigenvalue weighted by atomic mass is 10.2. The van der Waals surface area contributed by atoms with Crippen molar-refractivity contribution in [3.05, 3.63) is 78.1 Å². The number of sulfonamides is 1. The zero-order valence-corrected chi connectivity index (χ0v) is 16.9. The number of benzene rings is 2. The SMILES string of the molecule is Cc1ccc(S(=O)(=O)N(C)CC(=O)N/N=C\c2cnn(-c3ccccc3)c2)cc1. The van der Waals surface area contributed by atoms with Gasteiger partial charge in [0.15, 0.2) is 0 Å². The molecule has 0 aliphatic carbocycles. The summed E-state index contributed by atoms with van der Waals surface area (Å²) in [6.07, 6.45) is 4.81. The number of aromatic nitrogens is 2. The predicted octanol–water partition coefficient (Wildman–Crippen LogP) is 1.95. The molecule has 0 unspecified atom stereocenters. The van der Waals surface area contributed by atoms with Crippen LogP contribution in [0, 0.1) is 6.92 Å². The standard InChI is InChI=1S/C20H21N5O3S/c1-16-8-10-19(11-9-16)29(27,28)24(2)15-20(26)23-21-12-17-13-22-25(14-17)18-6-4-3-5-7-18/h3-14H,15H2,1-2H3,(H,23,26)/b21-12-. The Labute approximate surface area is 169 Å². The Hall–Kier alpha value is -3.30. The van der Waals surface area contributed by atoms with Crippen LogP contribution in [-0.4, -0.2) is 48.2 Å². The lowest BCUT2D eigenvalue weighted by Crippen LogP contribution is -2.36. The van der Waals surface area contributed by atoms with Gasteiger partial charge in [-0.1, -0.05) is 35.9 Å². The quantitative estimate of drug-likeness (QED) is 0.475. The third-order valence-electron chi connectivity index (χ3n) is 4.12. The van der Waals surface area contributed by atoms with E-state index in [1.54, 1.807) is 29.2 Å². The summed E-state index contributed by atoms with van der Waals surface area (Å²) in [5.41, 5.74) is 4.88. The monoisotopic (exact) mass is 411 g/mol. The van der Waals surface area contributed by atoms with Crippen LogP contribution in [0.15, 0.2) is 77.0 Å². The number of para-hydroxylation sites is 1. The van der Waals surface area contributed by atoms with Crippen LogP contribution >= 0.6 is 0 Å². The van der Waals surface area contributed by atoms with Gasteiger partial charge in [0.05, 0.1) is 29.5 Å². The molecule has 3 rings (SSSR count). The average molecular weight is 411 g/mol. The van der Waals surface area contributed by atoms with Crippen molar-refractivity contribution in [2.24, 2.45) is 5.10 Å². The minimum absolute atomic E-state index is 0.134. The van der Waals surface area contributed by atoms with Crippen LogP contribution < -0.4 is 5.43 Å². The first-order valence-corrected chi connectivity index (χ1v) is 10.3. The molecule has 8 nitrogen and oxygen atoms in total. The van der Waals surface area contributed by atoms with Crippen molar-refractivity contribution in [3.8, 4) is 5.69 Å². The maximum atomic E-state index is 12.5. The van der Waals surface area contributed by atoms with E-state index in [0.29, 0.717) is 5.56 Å². The molecule has 9 heteroatoms. The zero-order chi connectivity index (χ0) is 20.9. The third-order valence-corrected chi connectivity index (χ3v) is 5.94. The van der Waals surface area contributed by atoms with E-state index in [1.807, 2.05) is 37.3 Å². The molecule has 1 aromatic heterocycles. The van der Waals surface area contributed by atoms with Crippen LogP contribution in [0.2, 0.25) is 0 Å². The molecule has 1 amide bonds. The van der Waals surface area contributed by atoms with Crippen molar-refractivity contribution in [2.75, 3.05) is 13.6 Å². The normalized spacial score (nSPS) is 11.8. The number of amides is 1. The van der Waals surface area contributed by atoms with E-state index in [1.165, 1.54) is 25.4 Å². The van der Waals surface area contributed by atoms with Gasteiger partial charge in [-0.3, -0.25) is 4.79 Å². The minimum atomic E-state index is -3.75. The van der Waals surface area contributed by atoms with Gasteiger partial charge in [-0.15, -0.1) is 0 Å². The van der Waals surface area contributed by atoms with Crippen LogP contribution in [0.1, 0.15) is 11.1 Å². The summed E-state index contributed by atoms with van der Waals surface area (Å²) < 4.78 is 27.7. The Bertz CT molecular complexity index is 1110. The highest BCUT2D eigenvalue weighted by Gasteiger charge is 2.22. The fourth-order valence-electron chi connectivity index (χ4n) is 2.52. The van der Waals surface area contributed by atoms with Gasteiger partial charge in [0.25, 0.3) is 5.91 Å². The maximum absolute atomic E-state index is 12.5. The molecule has 0 fully saturated rings. The van der Waals surface area contributed by atoms with Crippen molar-refractivity contribution < 1.29 is 13.2 Å². The van der Waals surface area contributed by atoms with Gasteiger partial charge >= 0.3 is 0 Å². The summed E-state index contributed by atoms with van der Waals surface area (Å²) >= 11 is 0. The number of rotatable bonds is 7. The van der Waals surface area contributed by atoms with E-state index in [9.17, 15) is 13.2 Å². The molecule has 0 spiro atoms. The Kier molecular flexibility index (Phi) is 6.20. The number of carbonyl (C=O) groups excluding carboxylic acids is 1. The van der Waals surface area contributed by atoms with E-state index in [0.717, 1.165) is 15.6 Å². The molecule has 0 saturated carbocycles. The van der Waals surface area contributed by atoms with Crippen molar-refractivity contribution in [1.29, 1.82) is 0 Å². The van der Waals surface area contributed by atoms with Gasteiger partial charge in [-0.05, 0) is 31.2 Å². The van der Waals surface area contributed by atoms with Gasteiger partial charge in [-0.2, -0.15) is 14.5 Å². The second-order valence-corrected chi connectivity index (χ2v) is 8.47. The van der Waals surface area contributed by atoms with Gasteiger partial charge in [-0.25, -0.2) is 18.5 Å². The predicted molar refractivity (Wildman–Crippen MR) is 110 cm³/mol. The van der Waals surface area contributed by atoms with E-state index in [-0.39, 0.29) is 11.4 Å². The van der Waals surface area contributed by atoms with Crippen LogP contribution in [0.3, 0.4) is 0 Å². The Morgan fingerprint density at radius 1 is 1.17 bits per heavy atom. The summed E-state index contributed by atoms with van der Waals surface area (Å²) in [6.45, 7) is 1.52. The topological polar surface area (TPSA) is 96.7 Å². The molecule has 0 aliphatic rings. The van der Waals surface area contributed by atoms with Crippen LogP contribution in [0.5, 0.6) is 0 Å². The second-order valence-electron chi connectivity index (χ2n) is 6.42. The summed E-state index contributed by atoms with van der Waals surface area (Å²) in [4.78, 5) is 12.2. The first-order chi connectivity index (χ1) is 13.9. The summed E-state index contributed by atoms with van der Waals surface area (Å²) in [5.74, 6) is -0.546. The first kappa shape index (κ1) is 20.4. The van der Waals surface area contributed by atoms with E-state index >= 15 is 0 Å². The van der Waals surface area contributed by atoms with Crippen molar-refractivity contribution in [1.82, 2.24) is 19.5 Å². The summed E-state index contributed by atoms with van der Waals surface area (Å²) in [5, 5.41) is 8.10. The van der Waals surface area contributed by atoms with Gasteiger partial charge in [0, 0.05) is 18.8 Å². The summed E-state index contributed by atoms with van der Waals surface area (Å²) in [7, 11) is -2.40. The molecular formula is C20H21N5O3S. The lowest BCUT2D eigenvalue weighted by molar-refractivity contribution is -0.121. The fraction of sp³-hybridized carbons (Fsp3) is 0.150. The first-order valence-electron chi connectivity index (χ1n) is 8.81. The van der Waals surface area contributed by atoms with Crippen molar-refractivity contribution >= 4 is 22.1 Å². The molecule has 0 radical (unpaired) electrons. The molecule has 1 N–H and O–H groups in total. The highest BCUT2D eigenvalue weighted by Crippen LogP contribution is 2.14. The highest BCUT2D eigenvalue weighted by atomic mass is 32.2. The number of hydrazone groups is 1. The van der Waals surface area contributed by atoms with Crippen molar-refractivity contribution in [3.63, 3.8) is 0 Å². The number of aryl methyl sites for hydroxylation is 1. The molecular weight excluding hydrogens is 390 g/mol. The molecule has 150 valence electrons. The average Bonchev–Trinajstić information content (AvgIpc) is 3.18. The van der Waals surface area contributed by atoms with E-state index in [2.05, 4.69) is 15.6 Å². The van der Waals surface area contributed by atoms with Crippen LogP contribution in [0.25, 0.3) is 5.69 Å². The Balaban J connectivity index is 1.57. The molecule has 0 atom stereocenters. The maximum Gasteiger partial charge on any atom is 0.255 e. The smallest absolute Gasteiger partial charge is 0.255 e. The van der Waals surface area contributed by atoms with Gasteiger partial charge < -0.3 is 0 Å². The molecule has 29 heavy (non-hydrogen) atoms. The number of nitrogens with zero attached hydrogens (tertiary/aromatic N) is 4. The van der Waals surface area contributed by atoms with E-state index in [4.69, 9.17) is 0 Å². The van der Waals surface area contributed by atoms with Crippen molar-refractivity contribution in [2.45, 2.75) is 11.8 Å². The van der Waals surface area contributed by atoms with E-state index < -0.39 is 15.9 Å². The van der Waals surface area contributed by atoms with Gasteiger partial charge in [0.1, 0.15) is 0 Å². The second kappa shape index (κ2) is 8.80.